The number of benzene rings is 2. The highest BCUT2D eigenvalue weighted by atomic mass is 32.1. The predicted molar refractivity (Wildman–Crippen MR) is 69.4 cm³/mol. The number of carboxylic acid groups (broad SMARTS) is 1. The highest BCUT2D eigenvalue weighted by Crippen LogP contribution is 2.22. The minimum Gasteiger partial charge on any atom is -0.479 e. The summed E-state index contributed by atoms with van der Waals surface area (Å²) in [6, 6.07) is 12.2. The average molecular weight is 243 g/mol. The van der Waals surface area contributed by atoms with Crippen LogP contribution >= 0.6 is 12.2 Å². The summed E-state index contributed by atoms with van der Waals surface area (Å²) in [6.45, 7) is 0. The molecule has 0 amide bonds. The number of aliphatic imine (C=N–C) groups is 1. The lowest BCUT2D eigenvalue weighted by molar-refractivity contribution is -0.138. The number of fused-ring (bicyclic) bond motifs is 1. The third-order valence-electron chi connectivity index (χ3n) is 2.50. The third-order valence-corrected chi connectivity index (χ3v) is 2.61. The van der Waals surface area contributed by atoms with E-state index in [9.17, 15) is 4.79 Å². The van der Waals surface area contributed by atoms with E-state index in [2.05, 4.69) is 22.4 Å². The predicted octanol–water partition coefficient (Wildman–Crippen LogP) is 3.07. The first kappa shape index (κ1) is 11.5. The zero-order chi connectivity index (χ0) is 12.3. The van der Waals surface area contributed by atoms with Crippen molar-refractivity contribution in [1.82, 2.24) is 0 Å². The first-order chi connectivity index (χ1) is 8.22. The molecule has 0 radical (unpaired) electrons. The fourth-order valence-corrected chi connectivity index (χ4v) is 1.81. The van der Waals surface area contributed by atoms with E-state index in [1.54, 1.807) is 6.07 Å². The summed E-state index contributed by atoms with van der Waals surface area (Å²) in [4.78, 5) is 14.7. The van der Waals surface area contributed by atoms with E-state index in [1.807, 2.05) is 36.4 Å². The Balaban J connectivity index is 2.54. The molecule has 0 aliphatic rings. The molecule has 2 rings (SSSR count). The normalized spacial score (nSPS) is 11.8. The lowest BCUT2D eigenvalue weighted by Gasteiger charge is -2.07. The molecule has 0 aliphatic heterocycles. The monoisotopic (exact) mass is 243 g/mol. The molecular weight excluding hydrogens is 234 g/mol. The number of isothiocyanates is 1. The number of hydrogen-bond acceptors (Lipinski definition) is 3. The van der Waals surface area contributed by atoms with Crippen molar-refractivity contribution in [3.05, 3.63) is 48.0 Å². The van der Waals surface area contributed by atoms with Crippen molar-refractivity contribution in [2.24, 2.45) is 4.99 Å². The second kappa shape index (κ2) is 4.87. The Morgan fingerprint density at radius 1 is 1.24 bits per heavy atom. The van der Waals surface area contributed by atoms with Gasteiger partial charge in [-0.05, 0) is 34.6 Å². The van der Waals surface area contributed by atoms with Crippen molar-refractivity contribution in [2.75, 3.05) is 0 Å². The summed E-state index contributed by atoms with van der Waals surface area (Å²) >= 11 is 4.46. The van der Waals surface area contributed by atoms with Crippen LogP contribution in [0.25, 0.3) is 10.8 Å². The quantitative estimate of drug-likeness (QED) is 0.665. The summed E-state index contributed by atoms with van der Waals surface area (Å²) in [5.41, 5.74) is 0.605. The second-order valence-corrected chi connectivity index (χ2v) is 3.75. The molecule has 84 valence electrons. The van der Waals surface area contributed by atoms with E-state index < -0.39 is 12.0 Å². The van der Waals surface area contributed by atoms with Crippen molar-refractivity contribution in [3.8, 4) is 0 Å². The number of rotatable bonds is 3. The molecule has 0 bridgehead atoms. The first-order valence-corrected chi connectivity index (χ1v) is 5.41. The van der Waals surface area contributed by atoms with E-state index in [0.717, 1.165) is 10.8 Å². The standard InChI is InChI=1S/C13H9NO2S/c15-13(16)12(14-8-17)11-6-5-9-3-1-2-4-10(9)7-11/h1-7,12H,(H,15,16). The summed E-state index contributed by atoms with van der Waals surface area (Å²) in [5.74, 6) is -1.03. The van der Waals surface area contributed by atoms with Gasteiger partial charge in [0.2, 0.25) is 0 Å². The van der Waals surface area contributed by atoms with Gasteiger partial charge in [0.05, 0.1) is 5.16 Å². The van der Waals surface area contributed by atoms with Crippen molar-refractivity contribution in [3.63, 3.8) is 0 Å². The Kier molecular flexibility index (Phi) is 3.28. The number of aliphatic carboxylic acids is 1. The van der Waals surface area contributed by atoms with Crippen LogP contribution in [0.1, 0.15) is 11.6 Å². The Morgan fingerprint density at radius 3 is 2.59 bits per heavy atom. The molecule has 4 heteroatoms. The number of carboxylic acids is 1. The SMILES string of the molecule is O=C(O)C(N=C=S)c1ccc2ccccc2c1. The van der Waals surface area contributed by atoms with Crippen molar-refractivity contribution >= 4 is 34.1 Å². The van der Waals surface area contributed by atoms with Crippen LogP contribution in [0.5, 0.6) is 0 Å². The minimum absolute atomic E-state index is 0.605. The van der Waals surface area contributed by atoms with Crippen LogP contribution in [0.4, 0.5) is 0 Å². The average Bonchev–Trinajstić information content (AvgIpc) is 2.35. The molecule has 0 aromatic heterocycles. The van der Waals surface area contributed by atoms with Crippen LogP contribution in [-0.2, 0) is 4.79 Å². The van der Waals surface area contributed by atoms with Gasteiger partial charge in [-0.2, -0.15) is 0 Å². The van der Waals surface area contributed by atoms with E-state index in [0.29, 0.717) is 5.56 Å². The maximum absolute atomic E-state index is 11.0. The fourth-order valence-electron chi connectivity index (χ4n) is 1.70. The maximum Gasteiger partial charge on any atom is 0.333 e. The largest absolute Gasteiger partial charge is 0.479 e. The van der Waals surface area contributed by atoms with Gasteiger partial charge in [-0.3, -0.25) is 0 Å². The van der Waals surface area contributed by atoms with Crippen LogP contribution in [0.15, 0.2) is 47.5 Å². The van der Waals surface area contributed by atoms with Gasteiger partial charge in [0.1, 0.15) is 0 Å². The van der Waals surface area contributed by atoms with E-state index in [4.69, 9.17) is 5.11 Å². The van der Waals surface area contributed by atoms with Crippen LogP contribution in [0, 0.1) is 0 Å². The van der Waals surface area contributed by atoms with Crippen molar-refractivity contribution in [1.29, 1.82) is 0 Å². The number of thiocarbonyl (C=S) groups is 1. The molecule has 1 N–H and O–H groups in total. The first-order valence-electron chi connectivity index (χ1n) is 5.01. The molecular formula is C13H9NO2S. The van der Waals surface area contributed by atoms with E-state index >= 15 is 0 Å². The summed E-state index contributed by atoms with van der Waals surface area (Å²) in [5, 5.41) is 13.2. The zero-order valence-electron chi connectivity index (χ0n) is 8.83. The van der Waals surface area contributed by atoms with Gasteiger partial charge >= 0.3 is 5.97 Å². The number of nitrogens with zero attached hydrogens (tertiary/aromatic N) is 1. The summed E-state index contributed by atoms with van der Waals surface area (Å²) in [6.07, 6.45) is 0. The molecule has 0 saturated carbocycles. The highest BCUT2D eigenvalue weighted by Gasteiger charge is 2.18. The number of hydrogen-bond donors (Lipinski definition) is 1. The fraction of sp³-hybridized carbons (Fsp3) is 0.0769. The highest BCUT2D eigenvalue weighted by molar-refractivity contribution is 7.78. The Labute approximate surface area is 103 Å². The lowest BCUT2D eigenvalue weighted by Crippen LogP contribution is -2.08. The van der Waals surface area contributed by atoms with Gasteiger partial charge in [-0.15, -0.1) is 0 Å². The molecule has 0 spiro atoms. The van der Waals surface area contributed by atoms with Gasteiger partial charge in [-0.1, -0.05) is 36.4 Å². The smallest absolute Gasteiger partial charge is 0.333 e. The van der Waals surface area contributed by atoms with E-state index in [1.165, 1.54) is 0 Å². The van der Waals surface area contributed by atoms with Crippen LogP contribution in [0.2, 0.25) is 0 Å². The summed E-state index contributed by atoms with van der Waals surface area (Å²) < 4.78 is 0. The van der Waals surface area contributed by atoms with Crippen LogP contribution < -0.4 is 0 Å². The van der Waals surface area contributed by atoms with E-state index in [-0.39, 0.29) is 0 Å². The zero-order valence-corrected chi connectivity index (χ0v) is 9.65. The number of carbonyl (C=O) groups is 1. The molecule has 0 saturated heterocycles. The topological polar surface area (TPSA) is 49.7 Å². The van der Waals surface area contributed by atoms with Gasteiger partial charge in [0.15, 0.2) is 6.04 Å². The Bertz CT molecular complexity index is 616. The van der Waals surface area contributed by atoms with Gasteiger partial charge in [0, 0.05) is 0 Å². The van der Waals surface area contributed by atoms with Crippen LogP contribution in [-0.4, -0.2) is 16.2 Å². The van der Waals surface area contributed by atoms with Gasteiger partial charge in [-0.25, -0.2) is 9.79 Å². The Hall–Kier alpha value is -2.03. The molecule has 0 fully saturated rings. The molecule has 0 heterocycles. The molecule has 1 unspecified atom stereocenters. The summed E-state index contributed by atoms with van der Waals surface area (Å²) in [7, 11) is 0. The molecule has 2 aromatic rings. The third kappa shape index (κ3) is 2.38. The van der Waals surface area contributed by atoms with Gasteiger partial charge in [0.25, 0.3) is 0 Å². The molecule has 3 nitrogen and oxygen atoms in total. The maximum atomic E-state index is 11.0. The van der Waals surface area contributed by atoms with Crippen molar-refractivity contribution in [2.45, 2.75) is 6.04 Å². The Morgan fingerprint density at radius 2 is 1.94 bits per heavy atom. The lowest BCUT2D eigenvalue weighted by atomic mass is 10.0. The van der Waals surface area contributed by atoms with Crippen molar-refractivity contribution < 1.29 is 9.90 Å². The molecule has 1 atom stereocenters. The minimum atomic E-state index is -1.03. The molecule has 2 aromatic carbocycles. The van der Waals surface area contributed by atoms with Gasteiger partial charge < -0.3 is 5.11 Å². The second-order valence-electron chi connectivity index (χ2n) is 3.57. The van der Waals surface area contributed by atoms with Crippen LogP contribution in [0.3, 0.4) is 0 Å². The molecule has 17 heavy (non-hydrogen) atoms. The molecule has 0 aliphatic carbocycles.